The van der Waals surface area contributed by atoms with Crippen LogP contribution in [0.2, 0.25) is 0 Å². The predicted octanol–water partition coefficient (Wildman–Crippen LogP) is 5.07. The lowest BCUT2D eigenvalue weighted by atomic mass is 9.86. The van der Waals surface area contributed by atoms with Gasteiger partial charge in [0.05, 0.1) is 5.69 Å². The molecule has 0 spiro atoms. The summed E-state index contributed by atoms with van der Waals surface area (Å²) in [4.78, 5) is 3.48. The maximum atomic E-state index is 15.4. The number of rotatable bonds is 2. The number of thiophene rings is 1. The van der Waals surface area contributed by atoms with E-state index >= 15 is 4.39 Å². The molecular formula is C22H18FN3S. The van der Waals surface area contributed by atoms with Crippen molar-refractivity contribution >= 4 is 21.4 Å². The Kier molecular flexibility index (Phi) is 3.99. The van der Waals surface area contributed by atoms with Crippen molar-refractivity contribution in [3.8, 4) is 11.3 Å². The third kappa shape index (κ3) is 2.83. The van der Waals surface area contributed by atoms with E-state index in [-0.39, 0.29) is 11.7 Å². The van der Waals surface area contributed by atoms with E-state index < -0.39 is 0 Å². The van der Waals surface area contributed by atoms with E-state index in [0.717, 1.165) is 17.7 Å². The lowest BCUT2D eigenvalue weighted by Gasteiger charge is -2.32. The van der Waals surface area contributed by atoms with Gasteiger partial charge in [-0.25, -0.2) is 4.39 Å². The summed E-state index contributed by atoms with van der Waals surface area (Å²) in [5, 5.41) is 9.23. The molecule has 1 aliphatic heterocycles. The van der Waals surface area contributed by atoms with Crippen LogP contribution in [0.25, 0.3) is 21.3 Å². The molecule has 1 unspecified atom stereocenters. The number of aromatic nitrogens is 2. The zero-order valence-electron chi connectivity index (χ0n) is 14.9. The molecule has 1 aliphatic rings. The molecule has 1 atom stereocenters. The van der Waals surface area contributed by atoms with Crippen molar-refractivity contribution in [1.82, 2.24) is 15.1 Å². The molecule has 2 aromatic carbocycles. The van der Waals surface area contributed by atoms with Gasteiger partial charge in [-0.15, -0.1) is 11.3 Å². The smallest absolute Gasteiger partial charge is 0.137 e. The van der Waals surface area contributed by atoms with Crippen LogP contribution in [0.1, 0.15) is 21.9 Å². The van der Waals surface area contributed by atoms with Crippen molar-refractivity contribution in [3.05, 3.63) is 82.6 Å². The third-order valence-electron chi connectivity index (χ3n) is 5.21. The van der Waals surface area contributed by atoms with Gasteiger partial charge in [0.15, 0.2) is 0 Å². The summed E-state index contributed by atoms with van der Waals surface area (Å²) in [6.45, 7) is 1.50. The average molecular weight is 375 g/mol. The van der Waals surface area contributed by atoms with E-state index in [1.807, 2.05) is 6.07 Å². The number of hydrogen-bond acceptors (Lipinski definition) is 4. The van der Waals surface area contributed by atoms with E-state index in [9.17, 15) is 0 Å². The third-order valence-corrected chi connectivity index (χ3v) is 6.44. The molecule has 0 saturated carbocycles. The Morgan fingerprint density at radius 3 is 2.81 bits per heavy atom. The van der Waals surface area contributed by atoms with E-state index in [1.54, 1.807) is 29.7 Å². The Hall–Kier alpha value is -2.63. The highest BCUT2D eigenvalue weighted by molar-refractivity contribution is 7.19. The molecule has 0 aliphatic carbocycles. The van der Waals surface area contributed by atoms with Gasteiger partial charge in [0.1, 0.15) is 5.82 Å². The van der Waals surface area contributed by atoms with Crippen LogP contribution < -0.4 is 0 Å². The summed E-state index contributed by atoms with van der Waals surface area (Å²) in [7, 11) is 2.05. The SMILES string of the molecule is CN1Cc2c(ccc(-c3cccnn3)c2F)C(c2cc3ccccc3s2)C1. The molecule has 0 amide bonds. The first-order valence-corrected chi connectivity index (χ1v) is 9.79. The number of fused-ring (bicyclic) bond motifs is 2. The minimum atomic E-state index is -0.175. The van der Waals surface area contributed by atoms with Crippen molar-refractivity contribution in [2.24, 2.45) is 0 Å². The van der Waals surface area contributed by atoms with Crippen molar-refractivity contribution in [2.45, 2.75) is 12.5 Å². The summed E-state index contributed by atoms with van der Waals surface area (Å²) in [6.07, 6.45) is 1.60. The molecule has 134 valence electrons. The summed E-state index contributed by atoms with van der Waals surface area (Å²) in [5.41, 5.74) is 2.95. The summed E-state index contributed by atoms with van der Waals surface area (Å²) >= 11 is 1.80. The van der Waals surface area contributed by atoms with E-state index in [4.69, 9.17) is 0 Å². The fourth-order valence-corrected chi connectivity index (χ4v) is 5.10. The molecule has 0 N–H and O–H groups in total. The van der Waals surface area contributed by atoms with Crippen LogP contribution in [-0.2, 0) is 6.54 Å². The molecule has 5 heteroatoms. The number of benzene rings is 2. The minimum absolute atomic E-state index is 0.175. The molecule has 3 heterocycles. The highest BCUT2D eigenvalue weighted by Crippen LogP contribution is 2.41. The second-order valence-electron chi connectivity index (χ2n) is 7.04. The number of likely N-dealkylation sites (N-methyl/N-ethyl adjacent to an activating group) is 1. The van der Waals surface area contributed by atoms with Gasteiger partial charge in [0.25, 0.3) is 0 Å². The zero-order valence-corrected chi connectivity index (χ0v) is 15.7. The van der Waals surface area contributed by atoms with E-state index in [2.05, 4.69) is 58.5 Å². The van der Waals surface area contributed by atoms with Crippen molar-refractivity contribution in [3.63, 3.8) is 0 Å². The van der Waals surface area contributed by atoms with Gasteiger partial charge < -0.3 is 4.90 Å². The summed E-state index contributed by atoms with van der Waals surface area (Å²) < 4.78 is 16.7. The van der Waals surface area contributed by atoms with E-state index in [0.29, 0.717) is 17.8 Å². The van der Waals surface area contributed by atoms with Crippen molar-refractivity contribution < 1.29 is 4.39 Å². The molecule has 2 aromatic heterocycles. The summed E-state index contributed by atoms with van der Waals surface area (Å²) in [6, 6.07) is 18.2. The van der Waals surface area contributed by atoms with Gasteiger partial charge in [0, 0.05) is 45.9 Å². The Morgan fingerprint density at radius 1 is 1.11 bits per heavy atom. The normalized spacial score (nSPS) is 17.2. The first-order chi connectivity index (χ1) is 13.2. The Labute approximate surface area is 161 Å². The van der Waals surface area contributed by atoms with Gasteiger partial charge in [-0.2, -0.15) is 10.2 Å². The Bertz CT molecular complexity index is 1090. The molecular weight excluding hydrogens is 357 g/mol. The summed E-state index contributed by atoms with van der Waals surface area (Å²) in [5.74, 6) is 0.00668. The lowest BCUT2D eigenvalue weighted by Crippen LogP contribution is -2.31. The van der Waals surface area contributed by atoms with Crippen LogP contribution in [-0.4, -0.2) is 28.7 Å². The molecule has 27 heavy (non-hydrogen) atoms. The lowest BCUT2D eigenvalue weighted by molar-refractivity contribution is 0.290. The van der Waals surface area contributed by atoms with Crippen LogP contribution >= 0.6 is 11.3 Å². The van der Waals surface area contributed by atoms with Crippen molar-refractivity contribution in [2.75, 3.05) is 13.6 Å². The highest BCUT2D eigenvalue weighted by Gasteiger charge is 2.29. The maximum Gasteiger partial charge on any atom is 0.137 e. The van der Waals surface area contributed by atoms with Gasteiger partial charge >= 0.3 is 0 Å². The predicted molar refractivity (Wildman–Crippen MR) is 107 cm³/mol. The van der Waals surface area contributed by atoms with Gasteiger partial charge in [-0.1, -0.05) is 24.3 Å². The highest BCUT2D eigenvalue weighted by atomic mass is 32.1. The molecule has 3 nitrogen and oxygen atoms in total. The largest absolute Gasteiger partial charge is 0.301 e. The molecule has 5 rings (SSSR count). The fourth-order valence-electron chi connectivity index (χ4n) is 3.93. The average Bonchev–Trinajstić information content (AvgIpc) is 3.13. The molecule has 0 fully saturated rings. The number of halogens is 1. The van der Waals surface area contributed by atoms with Gasteiger partial charge in [-0.3, -0.25) is 0 Å². The molecule has 0 bridgehead atoms. The first-order valence-electron chi connectivity index (χ1n) is 8.97. The van der Waals surface area contributed by atoms with Crippen LogP contribution in [0.15, 0.2) is 60.8 Å². The Morgan fingerprint density at radius 2 is 2.00 bits per heavy atom. The fraction of sp³-hybridized carbons (Fsp3) is 0.182. The molecule has 4 aromatic rings. The zero-order chi connectivity index (χ0) is 18.4. The molecule has 0 radical (unpaired) electrons. The number of hydrogen-bond donors (Lipinski definition) is 0. The van der Waals surface area contributed by atoms with Crippen LogP contribution in [0, 0.1) is 5.82 Å². The first kappa shape index (κ1) is 16.5. The van der Waals surface area contributed by atoms with E-state index in [1.165, 1.54) is 15.0 Å². The second kappa shape index (κ2) is 6.51. The van der Waals surface area contributed by atoms with Crippen molar-refractivity contribution in [1.29, 1.82) is 0 Å². The van der Waals surface area contributed by atoms with Crippen LogP contribution in [0.4, 0.5) is 4.39 Å². The van der Waals surface area contributed by atoms with Crippen LogP contribution in [0.3, 0.4) is 0 Å². The minimum Gasteiger partial charge on any atom is -0.301 e. The molecule has 0 saturated heterocycles. The van der Waals surface area contributed by atoms with Crippen LogP contribution in [0.5, 0.6) is 0 Å². The monoisotopic (exact) mass is 375 g/mol. The quantitative estimate of drug-likeness (QED) is 0.489. The second-order valence-corrected chi connectivity index (χ2v) is 8.16. The maximum absolute atomic E-state index is 15.4. The number of nitrogens with zero attached hydrogens (tertiary/aromatic N) is 3. The Balaban J connectivity index is 1.64. The topological polar surface area (TPSA) is 29.0 Å². The van der Waals surface area contributed by atoms with Gasteiger partial charge in [0.2, 0.25) is 0 Å². The van der Waals surface area contributed by atoms with Gasteiger partial charge in [-0.05, 0) is 48.3 Å². The standard InChI is InChI=1S/C22H18FN3S/c1-26-12-17(21-11-14-5-2-3-7-20(14)27-21)15-8-9-16(22(23)18(15)13-26)19-6-4-10-24-25-19/h2-11,17H,12-13H2,1H3.